The van der Waals surface area contributed by atoms with Crippen molar-refractivity contribution < 1.29 is 19.4 Å². The molecular formula is C16H23N3O4. The van der Waals surface area contributed by atoms with Gasteiger partial charge in [-0.2, -0.15) is 0 Å². The highest BCUT2D eigenvalue weighted by molar-refractivity contribution is 5.96. The molecule has 1 fully saturated rings. The first-order valence-electron chi connectivity index (χ1n) is 7.85. The van der Waals surface area contributed by atoms with Gasteiger partial charge in [-0.15, -0.1) is 0 Å². The third kappa shape index (κ3) is 4.41. The molecule has 0 saturated carbocycles. The SMILES string of the molecule is CCOc1ncccc1C(=O)N1CC[C@H](NC(C)=O)[C@@H](O)CC1. The van der Waals surface area contributed by atoms with E-state index in [0.29, 0.717) is 44.0 Å². The van der Waals surface area contributed by atoms with Crippen LogP contribution in [0.4, 0.5) is 0 Å². The minimum absolute atomic E-state index is 0.169. The summed E-state index contributed by atoms with van der Waals surface area (Å²) in [4.78, 5) is 29.7. The molecule has 2 N–H and O–H groups in total. The Kier molecular flexibility index (Phi) is 5.92. The number of carbonyl (C=O) groups is 2. The second kappa shape index (κ2) is 7.92. The van der Waals surface area contributed by atoms with Gasteiger partial charge in [0.15, 0.2) is 0 Å². The highest BCUT2D eigenvalue weighted by atomic mass is 16.5. The molecule has 2 amide bonds. The van der Waals surface area contributed by atoms with Crippen molar-refractivity contribution in [2.45, 2.75) is 38.8 Å². The molecule has 1 aromatic rings. The van der Waals surface area contributed by atoms with Crippen LogP contribution in [0.2, 0.25) is 0 Å². The van der Waals surface area contributed by atoms with Crippen LogP contribution >= 0.6 is 0 Å². The molecule has 0 unspecified atom stereocenters. The van der Waals surface area contributed by atoms with Crippen LogP contribution in [0.5, 0.6) is 5.88 Å². The van der Waals surface area contributed by atoms with Crippen molar-refractivity contribution in [2.75, 3.05) is 19.7 Å². The van der Waals surface area contributed by atoms with Crippen molar-refractivity contribution in [3.63, 3.8) is 0 Å². The molecule has 2 rings (SSSR count). The van der Waals surface area contributed by atoms with E-state index in [2.05, 4.69) is 10.3 Å². The second-order valence-corrected chi connectivity index (χ2v) is 5.53. The van der Waals surface area contributed by atoms with Gasteiger partial charge in [0.2, 0.25) is 11.8 Å². The van der Waals surface area contributed by atoms with Crippen LogP contribution in [0.15, 0.2) is 18.3 Å². The number of nitrogens with one attached hydrogen (secondary N) is 1. The first kappa shape index (κ1) is 17.2. The summed E-state index contributed by atoms with van der Waals surface area (Å²) in [6, 6.07) is 3.06. The van der Waals surface area contributed by atoms with Gasteiger partial charge in [-0.3, -0.25) is 9.59 Å². The van der Waals surface area contributed by atoms with E-state index in [4.69, 9.17) is 4.74 Å². The number of pyridine rings is 1. The Bertz CT molecular complexity index is 564. The van der Waals surface area contributed by atoms with Crippen LogP contribution < -0.4 is 10.1 Å². The first-order valence-corrected chi connectivity index (χ1v) is 7.85. The standard InChI is InChI=1S/C16H23N3O4/c1-3-23-15-12(5-4-8-17-15)16(22)19-9-6-13(18-11(2)20)14(21)7-10-19/h4-5,8,13-14,21H,3,6-7,9-10H2,1-2H3,(H,18,20)/t13-,14-/m0/s1. The molecule has 1 saturated heterocycles. The summed E-state index contributed by atoms with van der Waals surface area (Å²) in [6.07, 6.45) is 1.86. The Hall–Kier alpha value is -2.15. The maximum atomic E-state index is 12.7. The lowest BCUT2D eigenvalue weighted by atomic mass is 10.1. The Morgan fingerprint density at radius 2 is 2.17 bits per heavy atom. The van der Waals surface area contributed by atoms with E-state index in [9.17, 15) is 14.7 Å². The molecular weight excluding hydrogens is 298 g/mol. The summed E-state index contributed by atoms with van der Waals surface area (Å²) in [6.45, 7) is 4.58. The number of hydrogen-bond acceptors (Lipinski definition) is 5. The zero-order valence-corrected chi connectivity index (χ0v) is 13.5. The average Bonchev–Trinajstić information content (AvgIpc) is 2.70. The minimum Gasteiger partial charge on any atom is -0.477 e. The molecule has 7 nitrogen and oxygen atoms in total. The van der Waals surface area contributed by atoms with Crippen molar-refractivity contribution >= 4 is 11.8 Å². The van der Waals surface area contributed by atoms with E-state index >= 15 is 0 Å². The molecule has 0 aliphatic carbocycles. The van der Waals surface area contributed by atoms with Crippen molar-refractivity contribution in [3.8, 4) is 5.88 Å². The molecule has 7 heteroatoms. The van der Waals surface area contributed by atoms with Crippen molar-refractivity contribution in [3.05, 3.63) is 23.9 Å². The van der Waals surface area contributed by atoms with E-state index in [1.807, 2.05) is 6.92 Å². The van der Waals surface area contributed by atoms with Gasteiger partial charge < -0.3 is 20.1 Å². The van der Waals surface area contributed by atoms with Crippen LogP contribution in [0.3, 0.4) is 0 Å². The molecule has 23 heavy (non-hydrogen) atoms. The molecule has 1 aromatic heterocycles. The molecule has 2 atom stereocenters. The van der Waals surface area contributed by atoms with Crippen molar-refractivity contribution in [2.24, 2.45) is 0 Å². The zero-order chi connectivity index (χ0) is 16.8. The Labute approximate surface area is 135 Å². The van der Waals surface area contributed by atoms with Gasteiger partial charge >= 0.3 is 0 Å². The van der Waals surface area contributed by atoms with Crippen LogP contribution in [0.1, 0.15) is 37.0 Å². The van der Waals surface area contributed by atoms with Gasteiger partial charge in [0.1, 0.15) is 5.56 Å². The molecule has 0 spiro atoms. The number of nitrogens with zero attached hydrogens (tertiary/aromatic N) is 2. The molecule has 0 radical (unpaired) electrons. The monoisotopic (exact) mass is 321 g/mol. The molecule has 1 aliphatic heterocycles. The lowest BCUT2D eigenvalue weighted by molar-refractivity contribution is -0.120. The number of ether oxygens (including phenoxy) is 1. The fourth-order valence-electron chi connectivity index (χ4n) is 2.70. The minimum atomic E-state index is -0.656. The zero-order valence-electron chi connectivity index (χ0n) is 13.5. The maximum absolute atomic E-state index is 12.7. The van der Waals surface area contributed by atoms with E-state index in [0.717, 1.165) is 0 Å². The largest absolute Gasteiger partial charge is 0.477 e. The first-order chi connectivity index (χ1) is 11.0. The number of hydrogen-bond donors (Lipinski definition) is 2. The average molecular weight is 321 g/mol. The number of aliphatic hydroxyl groups is 1. The summed E-state index contributed by atoms with van der Waals surface area (Å²) in [5.41, 5.74) is 0.418. The predicted octanol–water partition coefficient (Wildman–Crippen LogP) is 0.582. The second-order valence-electron chi connectivity index (χ2n) is 5.53. The van der Waals surface area contributed by atoms with Gasteiger partial charge in [-0.1, -0.05) is 0 Å². The number of rotatable bonds is 4. The Balaban J connectivity index is 2.10. The maximum Gasteiger partial charge on any atom is 0.259 e. The van der Waals surface area contributed by atoms with Gasteiger partial charge in [-0.25, -0.2) is 4.98 Å². The van der Waals surface area contributed by atoms with Crippen molar-refractivity contribution in [1.29, 1.82) is 0 Å². The molecule has 1 aliphatic rings. The number of aliphatic hydroxyl groups excluding tert-OH is 1. The van der Waals surface area contributed by atoms with Crippen LogP contribution in [-0.2, 0) is 4.79 Å². The lowest BCUT2D eigenvalue weighted by Gasteiger charge is -2.21. The highest BCUT2D eigenvalue weighted by Gasteiger charge is 2.29. The van der Waals surface area contributed by atoms with Crippen molar-refractivity contribution in [1.82, 2.24) is 15.2 Å². The van der Waals surface area contributed by atoms with Crippen LogP contribution in [-0.4, -0.2) is 58.6 Å². The fraction of sp³-hybridized carbons (Fsp3) is 0.562. The van der Waals surface area contributed by atoms with Crippen LogP contribution in [0, 0.1) is 0 Å². The smallest absolute Gasteiger partial charge is 0.259 e. The molecule has 0 aromatic carbocycles. The summed E-state index contributed by atoms with van der Waals surface area (Å²) < 4.78 is 5.41. The van der Waals surface area contributed by atoms with Gasteiger partial charge in [0.25, 0.3) is 5.91 Å². The summed E-state index contributed by atoms with van der Waals surface area (Å²) in [7, 11) is 0. The van der Waals surface area contributed by atoms with Crippen LogP contribution in [0.25, 0.3) is 0 Å². The lowest BCUT2D eigenvalue weighted by Crippen LogP contribution is -2.42. The summed E-state index contributed by atoms with van der Waals surface area (Å²) in [5.74, 6) is -0.0276. The van der Waals surface area contributed by atoms with Gasteiger partial charge in [0, 0.05) is 26.2 Å². The van der Waals surface area contributed by atoms with E-state index < -0.39 is 6.10 Å². The number of carbonyl (C=O) groups excluding carboxylic acids is 2. The number of amides is 2. The topological polar surface area (TPSA) is 91.8 Å². The Morgan fingerprint density at radius 3 is 2.87 bits per heavy atom. The predicted molar refractivity (Wildman–Crippen MR) is 84.2 cm³/mol. The Morgan fingerprint density at radius 1 is 1.43 bits per heavy atom. The number of aromatic nitrogens is 1. The van der Waals surface area contributed by atoms with E-state index in [1.165, 1.54) is 6.92 Å². The van der Waals surface area contributed by atoms with E-state index in [-0.39, 0.29) is 17.9 Å². The quantitative estimate of drug-likeness (QED) is 0.846. The fourth-order valence-corrected chi connectivity index (χ4v) is 2.70. The third-order valence-electron chi connectivity index (χ3n) is 3.83. The molecule has 126 valence electrons. The highest BCUT2D eigenvalue weighted by Crippen LogP contribution is 2.20. The van der Waals surface area contributed by atoms with E-state index in [1.54, 1.807) is 23.2 Å². The molecule has 2 heterocycles. The third-order valence-corrected chi connectivity index (χ3v) is 3.83. The van der Waals surface area contributed by atoms with Gasteiger partial charge in [0.05, 0.1) is 18.8 Å². The number of likely N-dealkylation sites (tertiary alicyclic amines) is 1. The van der Waals surface area contributed by atoms with Gasteiger partial charge in [-0.05, 0) is 31.9 Å². The summed E-state index contributed by atoms with van der Waals surface area (Å²) in [5, 5.41) is 12.9. The normalized spacial score (nSPS) is 21.4. The summed E-state index contributed by atoms with van der Waals surface area (Å²) >= 11 is 0. The molecule has 0 bridgehead atoms.